The first-order valence-corrected chi connectivity index (χ1v) is 10.0. The number of nitrogens with zero attached hydrogens (tertiary/aromatic N) is 2. The van der Waals surface area contributed by atoms with Crippen LogP contribution in [0.4, 0.5) is 5.82 Å². The van der Waals surface area contributed by atoms with Crippen LogP contribution in [-0.4, -0.2) is 21.5 Å². The van der Waals surface area contributed by atoms with Crippen molar-refractivity contribution >= 4 is 28.3 Å². The van der Waals surface area contributed by atoms with Gasteiger partial charge in [0, 0.05) is 17.5 Å². The van der Waals surface area contributed by atoms with Crippen LogP contribution in [-0.2, 0) is 4.79 Å². The lowest BCUT2D eigenvalue weighted by atomic mass is 9.85. The van der Waals surface area contributed by atoms with Crippen LogP contribution >= 0.6 is 0 Å². The van der Waals surface area contributed by atoms with Crippen molar-refractivity contribution in [2.45, 2.75) is 26.2 Å². The average Bonchev–Trinajstić information content (AvgIpc) is 3.09. The number of benzene rings is 3. The minimum Gasteiger partial charge on any atom is -0.310 e. The van der Waals surface area contributed by atoms with E-state index in [9.17, 15) is 9.59 Å². The second-order valence-electron chi connectivity index (χ2n) is 7.83. The normalized spacial score (nSPS) is 15.7. The molecule has 30 heavy (non-hydrogen) atoms. The van der Waals surface area contributed by atoms with Crippen molar-refractivity contribution in [1.82, 2.24) is 9.78 Å². The number of amides is 1. The summed E-state index contributed by atoms with van der Waals surface area (Å²) in [6.07, 6.45) is 0.124. The summed E-state index contributed by atoms with van der Waals surface area (Å²) >= 11 is 0. The van der Waals surface area contributed by atoms with Gasteiger partial charge in [0.25, 0.3) is 0 Å². The summed E-state index contributed by atoms with van der Waals surface area (Å²) in [7, 11) is 0. The predicted octanol–water partition coefficient (Wildman–Crippen LogP) is 4.95. The number of carbonyl (C=O) groups excluding carboxylic acids is 2. The smallest absolute Gasteiger partial charge is 0.226 e. The third kappa shape index (κ3) is 2.99. The summed E-state index contributed by atoms with van der Waals surface area (Å²) in [6.45, 7) is 3.91. The van der Waals surface area contributed by atoms with Gasteiger partial charge in [0.15, 0.2) is 5.78 Å². The molecule has 1 aromatic heterocycles. The maximum atomic E-state index is 13.5. The Morgan fingerprint density at radius 2 is 1.73 bits per heavy atom. The summed E-state index contributed by atoms with van der Waals surface area (Å²) in [5.41, 5.74) is 4.16. The fourth-order valence-electron chi connectivity index (χ4n) is 4.19. The van der Waals surface area contributed by atoms with Crippen LogP contribution in [0.15, 0.2) is 66.7 Å². The van der Waals surface area contributed by atoms with Gasteiger partial charge in [-0.1, -0.05) is 54.1 Å². The zero-order valence-electron chi connectivity index (χ0n) is 16.8. The van der Waals surface area contributed by atoms with E-state index in [2.05, 4.69) is 10.4 Å². The van der Waals surface area contributed by atoms with Crippen molar-refractivity contribution in [3.05, 3.63) is 89.1 Å². The van der Waals surface area contributed by atoms with E-state index < -0.39 is 5.92 Å². The first-order valence-electron chi connectivity index (χ1n) is 10.0. The molecule has 0 aliphatic carbocycles. The van der Waals surface area contributed by atoms with Crippen molar-refractivity contribution in [2.24, 2.45) is 0 Å². The van der Waals surface area contributed by atoms with Gasteiger partial charge in [-0.3, -0.25) is 9.59 Å². The molecular formula is C25H21N3O2. The van der Waals surface area contributed by atoms with Crippen molar-refractivity contribution in [3.8, 4) is 5.69 Å². The van der Waals surface area contributed by atoms with E-state index in [-0.39, 0.29) is 18.1 Å². The maximum Gasteiger partial charge on any atom is 0.226 e. The third-order valence-electron chi connectivity index (χ3n) is 5.73. The molecule has 0 fully saturated rings. The van der Waals surface area contributed by atoms with Gasteiger partial charge in [0.05, 0.1) is 17.3 Å². The highest BCUT2D eigenvalue weighted by Gasteiger charge is 2.36. The van der Waals surface area contributed by atoms with Crippen LogP contribution < -0.4 is 5.32 Å². The first kappa shape index (κ1) is 18.3. The Labute approximate surface area is 174 Å². The zero-order valence-corrected chi connectivity index (χ0v) is 16.8. The largest absolute Gasteiger partial charge is 0.310 e. The summed E-state index contributed by atoms with van der Waals surface area (Å²) in [4.78, 5) is 26.0. The van der Waals surface area contributed by atoms with Gasteiger partial charge in [-0.15, -0.1) is 0 Å². The number of hydrogen-bond acceptors (Lipinski definition) is 3. The van der Waals surface area contributed by atoms with Crippen molar-refractivity contribution < 1.29 is 9.59 Å². The molecule has 5 nitrogen and oxygen atoms in total. The summed E-state index contributed by atoms with van der Waals surface area (Å²) < 4.78 is 1.72. The van der Waals surface area contributed by atoms with Crippen LogP contribution in [0.3, 0.4) is 0 Å². The number of nitrogens with one attached hydrogen (secondary N) is 1. The number of hydrogen-bond donors (Lipinski definition) is 1. The van der Waals surface area contributed by atoms with Gasteiger partial charge in [-0.25, -0.2) is 4.68 Å². The second kappa shape index (κ2) is 6.95. The van der Waals surface area contributed by atoms with Crippen LogP contribution in [0, 0.1) is 13.8 Å². The fourth-order valence-corrected chi connectivity index (χ4v) is 4.19. The third-order valence-corrected chi connectivity index (χ3v) is 5.73. The fraction of sp³-hybridized carbons (Fsp3) is 0.160. The molecule has 5 heteroatoms. The van der Waals surface area contributed by atoms with Gasteiger partial charge in [0.2, 0.25) is 5.91 Å². The summed E-state index contributed by atoms with van der Waals surface area (Å²) in [5.74, 6) is -0.181. The number of rotatable bonds is 3. The van der Waals surface area contributed by atoms with Gasteiger partial charge in [-0.2, -0.15) is 5.10 Å². The van der Waals surface area contributed by atoms with E-state index in [4.69, 9.17) is 0 Å². The number of fused-ring (bicyclic) bond motifs is 2. The zero-order chi connectivity index (χ0) is 20.8. The minimum absolute atomic E-state index is 0.0524. The topological polar surface area (TPSA) is 64.0 Å². The van der Waals surface area contributed by atoms with Crippen molar-refractivity contribution in [2.75, 3.05) is 5.32 Å². The molecule has 5 rings (SSSR count). The molecule has 2 heterocycles. The van der Waals surface area contributed by atoms with E-state index in [0.717, 1.165) is 33.3 Å². The van der Waals surface area contributed by atoms with E-state index in [1.54, 1.807) is 4.68 Å². The first-order chi connectivity index (χ1) is 14.5. The van der Waals surface area contributed by atoms with Gasteiger partial charge in [-0.05, 0) is 42.8 Å². The lowest BCUT2D eigenvalue weighted by Crippen LogP contribution is -2.28. The Kier molecular flexibility index (Phi) is 4.24. The number of Topliss-reactive ketones (excluding diaryl/α,β-unsaturated/α-hetero) is 1. The highest BCUT2D eigenvalue weighted by atomic mass is 16.2. The molecule has 0 spiro atoms. The van der Waals surface area contributed by atoms with E-state index >= 15 is 0 Å². The lowest BCUT2D eigenvalue weighted by Gasteiger charge is -2.23. The van der Waals surface area contributed by atoms with Gasteiger partial charge < -0.3 is 5.32 Å². The minimum atomic E-state index is -0.547. The molecule has 1 amide bonds. The molecule has 0 bridgehead atoms. The number of aromatic nitrogens is 2. The number of carbonyl (C=O) groups is 2. The summed E-state index contributed by atoms with van der Waals surface area (Å²) in [5, 5.41) is 9.68. The number of ketones is 1. The summed E-state index contributed by atoms with van der Waals surface area (Å²) in [6, 6.07) is 21.6. The molecule has 1 atom stereocenters. The number of anilines is 1. The second-order valence-corrected chi connectivity index (χ2v) is 7.83. The van der Waals surface area contributed by atoms with Crippen LogP contribution in [0.2, 0.25) is 0 Å². The molecule has 1 unspecified atom stereocenters. The Bertz CT molecular complexity index is 1300. The van der Waals surface area contributed by atoms with Crippen LogP contribution in [0.1, 0.15) is 39.5 Å². The predicted molar refractivity (Wildman–Crippen MR) is 117 cm³/mol. The van der Waals surface area contributed by atoms with E-state index in [0.29, 0.717) is 11.4 Å². The standard InChI is InChI=1S/C25H21N3O2/c1-15-7-11-20(12-8-15)28-25-23(16(2)27-28)21(14-22(29)26-25)24(30)19-10-9-17-5-3-4-6-18(17)13-19/h3-13,21H,14H2,1-2H3,(H,26,29). The molecule has 1 aliphatic heterocycles. The lowest BCUT2D eigenvalue weighted by molar-refractivity contribution is -0.116. The molecule has 0 radical (unpaired) electrons. The Morgan fingerprint density at radius 1 is 1.00 bits per heavy atom. The van der Waals surface area contributed by atoms with E-state index in [1.165, 1.54) is 0 Å². The number of aryl methyl sites for hydroxylation is 2. The molecular weight excluding hydrogens is 374 g/mol. The van der Waals surface area contributed by atoms with Crippen LogP contribution in [0.25, 0.3) is 16.5 Å². The Balaban J connectivity index is 1.60. The van der Waals surface area contributed by atoms with Crippen molar-refractivity contribution in [1.29, 1.82) is 0 Å². The molecule has 0 saturated carbocycles. The highest BCUT2D eigenvalue weighted by molar-refractivity contribution is 6.09. The monoisotopic (exact) mass is 395 g/mol. The Hall–Kier alpha value is -3.73. The molecule has 4 aromatic rings. The quantitative estimate of drug-likeness (QED) is 0.499. The molecule has 1 N–H and O–H groups in total. The maximum absolute atomic E-state index is 13.5. The highest BCUT2D eigenvalue weighted by Crippen LogP contribution is 2.38. The average molecular weight is 395 g/mol. The molecule has 1 aliphatic rings. The van der Waals surface area contributed by atoms with Crippen LogP contribution in [0.5, 0.6) is 0 Å². The van der Waals surface area contributed by atoms with Crippen molar-refractivity contribution in [3.63, 3.8) is 0 Å². The van der Waals surface area contributed by atoms with E-state index in [1.807, 2.05) is 80.6 Å². The molecule has 3 aromatic carbocycles. The van der Waals surface area contributed by atoms with Gasteiger partial charge in [0.1, 0.15) is 5.82 Å². The molecule has 0 saturated heterocycles. The SMILES string of the molecule is Cc1ccc(-n2nc(C)c3c2NC(=O)CC3C(=O)c2ccc3ccccc3c2)cc1. The molecule has 148 valence electrons. The Morgan fingerprint density at radius 3 is 2.50 bits per heavy atom. The van der Waals surface area contributed by atoms with Gasteiger partial charge >= 0.3 is 0 Å².